The lowest BCUT2D eigenvalue weighted by molar-refractivity contribution is -0.111. The van der Waals surface area contributed by atoms with Crippen LogP contribution in [0, 0.1) is 18.2 Å². The molecule has 0 aromatic heterocycles. The highest BCUT2D eigenvalue weighted by Crippen LogP contribution is 2.18. The molecule has 2 rings (SSSR count). The third kappa shape index (κ3) is 3.97. The van der Waals surface area contributed by atoms with Crippen LogP contribution in [0.2, 0.25) is 0 Å². The number of hydrogen-bond acceptors (Lipinski definition) is 2. The SMILES string of the molecule is C#Cc1cccc(NC(=O)/C=C/c2ccc(OC)c(F)c2)c1. The maximum atomic E-state index is 13.5. The summed E-state index contributed by atoms with van der Waals surface area (Å²) < 4.78 is 18.4. The van der Waals surface area contributed by atoms with Crippen molar-refractivity contribution in [2.75, 3.05) is 12.4 Å². The van der Waals surface area contributed by atoms with E-state index in [1.165, 1.54) is 31.4 Å². The number of nitrogens with one attached hydrogen (secondary N) is 1. The van der Waals surface area contributed by atoms with Gasteiger partial charge in [-0.15, -0.1) is 6.42 Å². The van der Waals surface area contributed by atoms with Crippen LogP contribution in [-0.4, -0.2) is 13.0 Å². The number of ether oxygens (including phenoxy) is 1. The van der Waals surface area contributed by atoms with E-state index in [2.05, 4.69) is 11.2 Å². The van der Waals surface area contributed by atoms with Gasteiger partial charge >= 0.3 is 0 Å². The number of anilines is 1. The Hall–Kier alpha value is -3.06. The van der Waals surface area contributed by atoms with E-state index in [1.807, 2.05) is 0 Å². The number of carbonyl (C=O) groups excluding carboxylic acids is 1. The highest BCUT2D eigenvalue weighted by atomic mass is 19.1. The van der Waals surface area contributed by atoms with Gasteiger partial charge in [0.2, 0.25) is 5.91 Å². The van der Waals surface area contributed by atoms with Crippen LogP contribution in [0.25, 0.3) is 6.08 Å². The van der Waals surface area contributed by atoms with E-state index in [9.17, 15) is 9.18 Å². The Bertz CT molecular complexity index is 760. The molecule has 0 heterocycles. The number of halogens is 1. The molecule has 3 nitrogen and oxygen atoms in total. The minimum Gasteiger partial charge on any atom is -0.494 e. The Kier molecular flexibility index (Phi) is 4.94. The zero-order valence-electron chi connectivity index (χ0n) is 12.0. The molecule has 110 valence electrons. The Morgan fingerprint density at radius 3 is 2.82 bits per heavy atom. The lowest BCUT2D eigenvalue weighted by atomic mass is 10.2. The van der Waals surface area contributed by atoms with Gasteiger partial charge in [0, 0.05) is 17.3 Å². The molecule has 0 radical (unpaired) electrons. The first-order chi connectivity index (χ1) is 10.6. The molecule has 0 atom stereocenters. The first kappa shape index (κ1) is 15.3. The second kappa shape index (κ2) is 7.09. The predicted octanol–water partition coefficient (Wildman–Crippen LogP) is 3.47. The summed E-state index contributed by atoms with van der Waals surface area (Å²) >= 11 is 0. The highest BCUT2D eigenvalue weighted by Gasteiger charge is 2.02. The molecule has 0 aliphatic carbocycles. The van der Waals surface area contributed by atoms with Gasteiger partial charge in [0.05, 0.1) is 7.11 Å². The lowest BCUT2D eigenvalue weighted by Crippen LogP contribution is -2.07. The third-order valence-corrected chi connectivity index (χ3v) is 2.90. The first-order valence-electron chi connectivity index (χ1n) is 6.51. The van der Waals surface area contributed by atoms with Gasteiger partial charge in [0.1, 0.15) is 0 Å². The fourth-order valence-corrected chi connectivity index (χ4v) is 1.83. The van der Waals surface area contributed by atoms with E-state index in [0.29, 0.717) is 16.8 Å². The van der Waals surface area contributed by atoms with Gasteiger partial charge < -0.3 is 10.1 Å². The summed E-state index contributed by atoms with van der Waals surface area (Å²) in [7, 11) is 1.39. The van der Waals surface area contributed by atoms with E-state index >= 15 is 0 Å². The van der Waals surface area contributed by atoms with Gasteiger partial charge in [-0.1, -0.05) is 18.1 Å². The standard InChI is InChI=1S/C18H14FNO2/c1-3-13-5-4-6-15(11-13)20-18(21)10-8-14-7-9-17(22-2)16(19)12-14/h1,4-12H,2H3,(H,20,21)/b10-8+. The van der Waals surface area contributed by atoms with Crippen LogP contribution >= 0.6 is 0 Å². The van der Waals surface area contributed by atoms with Crippen LogP contribution < -0.4 is 10.1 Å². The zero-order valence-corrected chi connectivity index (χ0v) is 12.0. The molecule has 0 aliphatic heterocycles. The van der Waals surface area contributed by atoms with Crippen molar-refractivity contribution in [2.24, 2.45) is 0 Å². The van der Waals surface area contributed by atoms with Crippen molar-refractivity contribution < 1.29 is 13.9 Å². The number of carbonyl (C=O) groups is 1. The normalized spacial score (nSPS) is 10.2. The number of terminal acetylenes is 1. The topological polar surface area (TPSA) is 38.3 Å². The predicted molar refractivity (Wildman–Crippen MR) is 85.0 cm³/mol. The van der Waals surface area contributed by atoms with Crippen LogP contribution in [-0.2, 0) is 4.79 Å². The van der Waals surface area contributed by atoms with Crippen LogP contribution in [0.4, 0.5) is 10.1 Å². The molecule has 22 heavy (non-hydrogen) atoms. The number of amides is 1. The summed E-state index contributed by atoms with van der Waals surface area (Å²) in [6.45, 7) is 0. The van der Waals surface area contributed by atoms with E-state index in [-0.39, 0.29) is 11.7 Å². The minimum absolute atomic E-state index is 0.160. The van der Waals surface area contributed by atoms with Gasteiger partial charge in [0.15, 0.2) is 11.6 Å². The van der Waals surface area contributed by atoms with Gasteiger partial charge in [-0.2, -0.15) is 0 Å². The number of methoxy groups -OCH3 is 1. The first-order valence-corrected chi connectivity index (χ1v) is 6.51. The molecule has 0 spiro atoms. The summed E-state index contributed by atoms with van der Waals surface area (Å²) in [6.07, 6.45) is 8.14. The van der Waals surface area contributed by atoms with Crippen molar-refractivity contribution in [1.82, 2.24) is 0 Å². The summed E-state index contributed by atoms with van der Waals surface area (Å²) in [5, 5.41) is 2.68. The van der Waals surface area contributed by atoms with Crippen molar-refractivity contribution >= 4 is 17.7 Å². The monoisotopic (exact) mass is 295 g/mol. The fraction of sp³-hybridized carbons (Fsp3) is 0.0556. The van der Waals surface area contributed by atoms with Crippen LogP contribution in [0.3, 0.4) is 0 Å². The molecule has 0 fully saturated rings. The van der Waals surface area contributed by atoms with Gasteiger partial charge in [-0.25, -0.2) is 4.39 Å². The van der Waals surface area contributed by atoms with Crippen LogP contribution in [0.5, 0.6) is 5.75 Å². The molecule has 0 bridgehead atoms. The maximum Gasteiger partial charge on any atom is 0.248 e. The summed E-state index contributed by atoms with van der Waals surface area (Å²) in [5.41, 5.74) is 1.84. The molecule has 2 aromatic carbocycles. The third-order valence-electron chi connectivity index (χ3n) is 2.90. The molecular weight excluding hydrogens is 281 g/mol. The van der Waals surface area contributed by atoms with E-state index < -0.39 is 5.82 Å². The van der Waals surface area contributed by atoms with Crippen molar-refractivity contribution in [2.45, 2.75) is 0 Å². The van der Waals surface area contributed by atoms with Gasteiger partial charge in [-0.3, -0.25) is 4.79 Å². The molecule has 0 saturated heterocycles. The van der Waals surface area contributed by atoms with E-state index in [1.54, 1.807) is 30.3 Å². The molecule has 1 N–H and O–H groups in total. The lowest BCUT2D eigenvalue weighted by Gasteiger charge is -2.03. The zero-order chi connectivity index (χ0) is 15.9. The summed E-state index contributed by atoms with van der Waals surface area (Å²) in [5.74, 6) is 1.84. The molecule has 2 aromatic rings. The average Bonchev–Trinajstić information content (AvgIpc) is 2.53. The second-order valence-corrected chi connectivity index (χ2v) is 4.44. The maximum absolute atomic E-state index is 13.5. The molecule has 1 amide bonds. The number of benzene rings is 2. The molecule has 0 saturated carbocycles. The van der Waals surface area contributed by atoms with Crippen molar-refractivity contribution in [3.8, 4) is 18.1 Å². The largest absolute Gasteiger partial charge is 0.494 e. The smallest absolute Gasteiger partial charge is 0.248 e. The molecular formula is C18H14FNO2. The summed E-state index contributed by atoms with van der Waals surface area (Å²) in [4.78, 5) is 11.8. The van der Waals surface area contributed by atoms with Crippen LogP contribution in [0.15, 0.2) is 48.5 Å². The second-order valence-electron chi connectivity index (χ2n) is 4.44. The van der Waals surface area contributed by atoms with Gasteiger partial charge in [0.25, 0.3) is 0 Å². The van der Waals surface area contributed by atoms with Crippen molar-refractivity contribution in [3.63, 3.8) is 0 Å². The number of hydrogen-bond donors (Lipinski definition) is 1. The molecule has 0 unspecified atom stereocenters. The Morgan fingerprint density at radius 2 is 2.14 bits per heavy atom. The van der Waals surface area contributed by atoms with E-state index in [0.717, 1.165) is 0 Å². The Labute approximate surface area is 128 Å². The minimum atomic E-state index is -0.480. The molecule has 4 heteroatoms. The fourth-order valence-electron chi connectivity index (χ4n) is 1.83. The number of rotatable bonds is 4. The summed E-state index contributed by atoms with van der Waals surface area (Å²) in [6, 6.07) is 11.4. The van der Waals surface area contributed by atoms with Gasteiger partial charge in [-0.05, 0) is 42.0 Å². The molecule has 0 aliphatic rings. The van der Waals surface area contributed by atoms with E-state index in [4.69, 9.17) is 11.2 Å². The van der Waals surface area contributed by atoms with Crippen LogP contribution in [0.1, 0.15) is 11.1 Å². The quantitative estimate of drug-likeness (QED) is 0.693. The Balaban J connectivity index is 2.05. The highest BCUT2D eigenvalue weighted by molar-refractivity contribution is 6.02. The Morgan fingerprint density at radius 1 is 1.32 bits per heavy atom. The van der Waals surface area contributed by atoms with Crippen molar-refractivity contribution in [1.29, 1.82) is 0 Å². The average molecular weight is 295 g/mol. The van der Waals surface area contributed by atoms with Crippen molar-refractivity contribution in [3.05, 3.63) is 65.5 Å².